The van der Waals surface area contributed by atoms with Gasteiger partial charge >= 0.3 is 0 Å². The van der Waals surface area contributed by atoms with Gasteiger partial charge in [-0.2, -0.15) is 0 Å². The van der Waals surface area contributed by atoms with Crippen LogP contribution < -0.4 is 5.32 Å². The van der Waals surface area contributed by atoms with E-state index in [1.54, 1.807) is 0 Å². The molecule has 1 aliphatic carbocycles. The number of amides is 1. The van der Waals surface area contributed by atoms with E-state index in [1.807, 2.05) is 0 Å². The number of ether oxygens (including phenoxy) is 1. The van der Waals surface area contributed by atoms with Gasteiger partial charge in [0.2, 0.25) is 0 Å². The second-order valence-corrected chi connectivity index (χ2v) is 5.52. The van der Waals surface area contributed by atoms with E-state index in [4.69, 9.17) is 4.74 Å². The first-order valence-electron chi connectivity index (χ1n) is 6.94. The molecule has 1 amide bonds. The molecule has 0 radical (unpaired) electrons. The van der Waals surface area contributed by atoms with E-state index in [0.717, 1.165) is 13.2 Å². The molecule has 3 atom stereocenters. The lowest BCUT2D eigenvalue weighted by Gasteiger charge is -2.06. The van der Waals surface area contributed by atoms with E-state index >= 15 is 0 Å². The Kier molecular flexibility index (Phi) is 3.55. The molecular formula is C15H16N2O4. The largest absolute Gasteiger partial charge is 0.381 e. The minimum Gasteiger partial charge on any atom is -0.381 e. The van der Waals surface area contributed by atoms with Crippen molar-refractivity contribution >= 4 is 18.0 Å². The van der Waals surface area contributed by atoms with Crippen molar-refractivity contribution in [3.8, 4) is 0 Å². The number of Topliss-reactive ketones (excluding diaryl/α,β-unsaturated/α-hetero) is 1. The second-order valence-electron chi connectivity index (χ2n) is 5.52. The molecule has 0 bridgehead atoms. The lowest BCUT2D eigenvalue weighted by molar-refractivity contribution is 0.0950. The van der Waals surface area contributed by atoms with Crippen LogP contribution in [0.1, 0.15) is 37.8 Å². The summed E-state index contributed by atoms with van der Waals surface area (Å²) in [5.41, 5.74) is 0.556. The van der Waals surface area contributed by atoms with Gasteiger partial charge in [-0.1, -0.05) is 0 Å². The zero-order chi connectivity index (χ0) is 15.0. The molecule has 2 aliphatic rings. The molecule has 1 aliphatic heterocycles. The van der Waals surface area contributed by atoms with Crippen LogP contribution in [0.25, 0.3) is 0 Å². The van der Waals surface area contributed by atoms with E-state index in [-0.39, 0.29) is 17.2 Å². The topological polar surface area (TPSA) is 85.4 Å². The normalized spacial score (nSPS) is 26.0. The number of pyridine rings is 1. The molecule has 2 heterocycles. The van der Waals surface area contributed by atoms with Crippen LogP contribution >= 0.6 is 0 Å². The fourth-order valence-corrected chi connectivity index (χ4v) is 3.01. The quantitative estimate of drug-likeness (QED) is 0.637. The Morgan fingerprint density at radius 3 is 2.71 bits per heavy atom. The molecule has 1 unspecified atom stereocenters. The van der Waals surface area contributed by atoms with Gasteiger partial charge < -0.3 is 10.1 Å². The molecule has 21 heavy (non-hydrogen) atoms. The Bertz CT molecular complexity index is 604. The van der Waals surface area contributed by atoms with Gasteiger partial charge in [-0.05, 0) is 29.9 Å². The number of carbonyl (C=O) groups is 3. The summed E-state index contributed by atoms with van der Waals surface area (Å²) in [6.07, 6.45) is 0.983. The first-order valence-corrected chi connectivity index (χ1v) is 6.94. The van der Waals surface area contributed by atoms with Crippen molar-refractivity contribution in [3.63, 3.8) is 0 Å². The minimum absolute atomic E-state index is 0.0509. The maximum absolute atomic E-state index is 12.3. The van der Waals surface area contributed by atoms with Gasteiger partial charge in [0.1, 0.15) is 11.4 Å². The van der Waals surface area contributed by atoms with Crippen LogP contribution in [0.5, 0.6) is 0 Å². The molecule has 0 spiro atoms. The Balaban J connectivity index is 1.78. The van der Waals surface area contributed by atoms with E-state index in [1.165, 1.54) is 19.2 Å². The van der Waals surface area contributed by atoms with E-state index in [9.17, 15) is 14.4 Å². The summed E-state index contributed by atoms with van der Waals surface area (Å²) in [5, 5.41) is 2.44. The number of carbonyl (C=O) groups excluding carboxylic acids is 3. The summed E-state index contributed by atoms with van der Waals surface area (Å²) in [5.74, 6) is 0.913. The van der Waals surface area contributed by atoms with Crippen LogP contribution in [-0.4, -0.2) is 43.2 Å². The number of fused-ring (bicyclic) bond motifs is 1. The standard InChI is InChI=1S/C15H16N2O4/c1-16-15(20)13-3-8(2-9(5-18)17-13)14(19)4-10-11-6-21-7-12(10)11/h2-3,5,10-12H,4,6-7H2,1H3,(H,16,20)/t10?,11-,12+. The van der Waals surface area contributed by atoms with Crippen molar-refractivity contribution in [2.45, 2.75) is 6.42 Å². The number of rotatable bonds is 5. The third-order valence-electron chi connectivity index (χ3n) is 4.30. The Morgan fingerprint density at radius 2 is 2.10 bits per heavy atom. The highest BCUT2D eigenvalue weighted by atomic mass is 16.5. The number of nitrogens with one attached hydrogen (secondary N) is 1. The highest BCUT2D eigenvalue weighted by Gasteiger charge is 2.54. The molecule has 3 rings (SSSR count). The predicted octanol–water partition coefficient (Wildman–Crippen LogP) is 0.719. The van der Waals surface area contributed by atoms with E-state index < -0.39 is 5.91 Å². The third kappa shape index (κ3) is 2.58. The van der Waals surface area contributed by atoms with Crippen molar-refractivity contribution < 1.29 is 19.1 Å². The highest BCUT2D eigenvalue weighted by molar-refractivity contribution is 6.01. The fraction of sp³-hybridized carbons (Fsp3) is 0.467. The minimum atomic E-state index is -0.413. The maximum atomic E-state index is 12.3. The lowest BCUT2D eigenvalue weighted by atomic mass is 10.0. The van der Waals surface area contributed by atoms with Crippen LogP contribution in [0, 0.1) is 17.8 Å². The van der Waals surface area contributed by atoms with Crippen molar-refractivity contribution in [2.75, 3.05) is 20.3 Å². The molecule has 6 nitrogen and oxygen atoms in total. The third-order valence-corrected chi connectivity index (χ3v) is 4.30. The zero-order valence-corrected chi connectivity index (χ0v) is 11.7. The molecule has 1 aromatic heterocycles. The predicted molar refractivity (Wildman–Crippen MR) is 73.3 cm³/mol. The van der Waals surface area contributed by atoms with Gasteiger partial charge in [-0.15, -0.1) is 0 Å². The average molecular weight is 288 g/mol. The van der Waals surface area contributed by atoms with Gasteiger partial charge in [0.25, 0.3) is 5.91 Å². The molecule has 1 saturated heterocycles. The SMILES string of the molecule is CNC(=O)c1cc(C(=O)CC2[C@H]3COC[C@@H]23)cc(C=O)n1. The van der Waals surface area contributed by atoms with Crippen LogP contribution in [-0.2, 0) is 4.74 Å². The summed E-state index contributed by atoms with van der Waals surface area (Å²) < 4.78 is 5.31. The zero-order valence-electron chi connectivity index (χ0n) is 11.7. The summed E-state index contributed by atoms with van der Waals surface area (Å²) >= 11 is 0. The average Bonchev–Trinajstić information content (AvgIpc) is 2.95. The Labute approximate surface area is 121 Å². The first-order chi connectivity index (χ1) is 10.1. The van der Waals surface area contributed by atoms with Gasteiger partial charge in [-0.3, -0.25) is 14.4 Å². The molecule has 110 valence electrons. The Morgan fingerprint density at radius 1 is 1.38 bits per heavy atom. The van der Waals surface area contributed by atoms with E-state index in [0.29, 0.717) is 36.0 Å². The fourth-order valence-electron chi connectivity index (χ4n) is 3.01. The number of hydrogen-bond acceptors (Lipinski definition) is 5. The number of aldehydes is 1. The molecule has 1 N–H and O–H groups in total. The number of nitrogens with zero attached hydrogens (tertiary/aromatic N) is 1. The van der Waals surface area contributed by atoms with Crippen molar-refractivity contribution in [2.24, 2.45) is 17.8 Å². The van der Waals surface area contributed by atoms with Gasteiger partial charge in [0.15, 0.2) is 12.1 Å². The molecule has 0 aromatic carbocycles. The van der Waals surface area contributed by atoms with Gasteiger partial charge in [0.05, 0.1) is 13.2 Å². The second kappa shape index (κ2) is 5.37. The summed E-state index contributed by atoms with van der Waals surface area (Å²) in [4.78, 5) is 38.8. The van der Waals surface area contributed by atoms with Crippen LogP contribution in [0.3, 0.4) is 0 Å². The van der Waals surface area contributed by atoms with Crippen LogP contribution in [0.15, 0.2) is 12.1 Å². The maximum Gasteiger partial charge on any atom is 0.269 e. The number of aromatic nitrogens is 1. The van der Waals surface area contributed by atoms with Crippen molar-refractivity contribution in [1.29, 1.82) is 0 Å². The van der Waals surface area contributed by atoms with Crippen molar-refractivity contribution in [3.05, 3.63) is 29.1 Å². The summed E-state index contributed by atoms with van der Waals surface area (Å²) in [6, 6.07) is 2.89. The highest BCUT2D eigenvalue weighted by Crippen LogP contribution is 2.52. The summed E-state index contributed by atoms with van der Waals surface area (Å²) in [7, 11) is 1.48. The molecule has 2 fully saturated rings. The van der Waals surface area contributed by atoms with Crippen LogP contribution in [0.4, 0.5) is 0 Å². The number of hydrogen-bond donors (Lipinski definition) is 1. The van der Waals surface area contributed by atoms with Gasteiger partial charge in [0, 0.05) is 19.0 Å². The Hall–Kier alpha value is -2.08. The monoisotopic (exact) mass is 288 g/mol. The van der Waals surface area contributed by atoms with Gasteiger partial charge in [-0.25, -0.2) is 4.98 Å². The van der Waals surface area contributed by atoms with Crippen molar-refractivity contribution in [1.82, 2.24) is 10.3 Å². The molecule has 6 heteroatoms. The molecule has 1 aromatic rings. The molecular weight excluding hydrogens is 272 g/mol. The number of ketones is 1. The lowest BCUT2D eigenvalue weighted by Crippen LogP contribution is -2.20. The van der Waals surface area contributed by atoms with Crippen LogP contribution in [0.2, 0.25) is 0 Å². The summed E-state index contributed by atoms with van der Waals surface area (Å²) in [6.45, 7) is 1.48. The first kappa shape index (κ1) is 13.9. The van der Waals surface area contributed by atoms with E-state index in [2.05, 4.69) is 10.3 Å². The molecule has 1 saturated carbocycles. The smallest absolute Gasteiger partial charge is 0.269 e.